The molecule has 1 aromatic heterocycles. The van der Waals surface area contributed by atoms with Crippen LogP contribution in [0.15, 0.2) is 30.3 Å². The highest BCUT2D eigenvalue weighted by molar-refractivity contribution is 5.86. The summed E-state index contributed by atoms with van der Waals surface area (Å²) in [7, 11) is 1.59. The van der Waals surface area contributed by atoms with E-state index in [-0.39, 0.29) is 25.5 Å². The zero-order chi connectivity index (χ0) is 21.9. The van der Waals surface area contributed by atoms with Crippen LogP contribution in [0.3, 0.4) is 0 Å². The van der Waals surface area contributed by atoms with E-state index in [1.807, 2.05) is 48.9 Å². The Balaban J connectivity index is 2.16. The van der Waals surface area contributed by atoms with Crippen LogP contribution in [-0.2, 0) is 30.3 Å². The molecule has 0 bridgehead atoms. The van der Waals surface area contributed by atoms with Crippen LogP contribution in [0.1, 0.15) is 41.9 Å². The molecule has 164 valence electrons. The molecule has 1 unspecified atom stereocenters. The quantitative estimate of drug-likeness (QED) is 0.421. The second-order valence-corrected chi connectivity index (χ2v) is 6.84. The Morgan fingerprint density at radius 1 is 1.13 bits per heavy atom. The molecule has 30 heavy (non-hydrogen) atoms. The summed E-state index contributed by atoms with van der Waals surface area (Å²) in [5.74, 6) is -0.795. The van der Waals surface area contributed by atoms with Gasteiger partial charge in [-0.15, -0.1) is 0 Å². The van der Waals surface area contributed by atoms with Crippen LogP contribution < -0.4 is 5.32 Å². The number of benzene rings is 1. The van der Waals surface area contributed by atoms with Crippen molar-refractivity contribution in [2.45, 2.75) is 39.8 Å². The topological polar surface area (TPSA) is 91.7 Å². The predicted molar refractivity (Wildman–Crippen MR) is 112 cm³/mol. The zero-order valence-electron chi connectivity index (χ0n) is 18.1. The Bertz CT molecular complexity index is 820. The van der Waals surface area contributed by atoms with E-state index in [0.717, 1.165) is 11.3 Å². The number of esters is 1. The van der Waals surface area contributed by atoms with Gasteiger partial charge in [0.2, 0.25) is 5.91 Å². The fourth-order valence-electron chi connectivity index (χ4n) is 3.16. The Morgan fingerprint density at radius 3 is 2.53 bits per heavy atom. The van der Waals surface area contributed by atoms with Crippen LogP contribution in [0, 0.1) is 13.8 Å². The van der Waals surface area contributed by atoms with Crippen LogP contribution in [0.4, 0.5) is 0 Å². The van der Waals surface area contributed by atoms with E-state index in [0.29, 0.717) is 31.0 Å². The SMILES string of the molecule is CCOC(=O)C(NC(=O)CCOCCOC)c1c(C)nn(Cc2ccccc2)c1C. The molecular formula is C22H31N3O5. The largest absolute Gasteiger partial charge is 0.464 e. The minimum Gasteiger partial charge on any atom is -0.464 e. The highest BCUT2D eigenvalue weighted by atomic mass is 16.5. The van der Waals surface area contributed by atoms with Crippen LogP contribution in [0.2, 0.25) is 0 Å². The Hall–Kier alpha value is -2.71. The zero-order valence-corrected chi connectivity index (χ0v) is 18.1. The average Bonchev–Trinajstić information content (AvgIpc) is 3.00. The number of carbonyl (C=O) groups is 2. The van der Waals surface area contributed by atoms with Gasteiger partial charge in [0.05, 0.1) is 38.7 Å². The number of aromatic nitrogens is 2. The third kappa shape index (κ3) is 6.67. The van der Waals surface area contributed by atoms with Gasteiger partial charge in [0.1, 0.15) is 0 Å². The molecule has 1 amide bonds. The monoisotopic (exact) mass is 417 g/mol. The van der Waals surface area contributed by atoms with Crippen molar-refractivity contribution in [2.75, 3.05) is 33.5 Å². The van der Waals surface area contributed by atoms with Crippen molar-refractivity contribution in [2.24, 2.45) is 0 Å². The molecule has 0 spiro atoms. The number of methoxy groups -OCH3 is 1. The fourth-order valence-corrected chi connectivity index (χ4v) is 3.16. The van der Waals surface area contributed by atoms with Gasteiger partial charge < -0.3 is 19.5 Å². The molecule has 0 fully saturated rings. The lowest BCUT2D eigenvalue weighted by Gasteiger charge is -2.18. The summed E-state index contributed by atoms with van der Waals surface area (Å²) in [6, 6.07) is 9.02. The molecule has 0 aliphatic heterocycles. The highest BCUT2D eigenvalue weighted by Crippen LogP contribution is 2.24. The molecule has 1 aromatic carbocycles. The first-order valence-corrected chi connectivity index (χ1v) is 10.1. The summed E-state index contributed by atoms with van der Waals surface area (Å²) < 4.78 is 17.3. The number of nitrogens with zero attached hydrogens (tertiary/aromatic N) is 2. The lowest BCUT2D eigenvalue weighted by atomic mass is 10.0. The summed E-state index contributed by atoms with van der Waals surface area (Å²) in [5.41, 5.74) is 3.25. The van der Waals surface area contributed by atoms with Crippen LogP contribution in [0.5, 0.6) is 0 Å². The number of rotatable bonds is 12. The number of aryl methyl sites for hydroxylation is 1. The normalized spacial score (nSPS) is 11.9. The Morgan fingerprint density at radius 2 is 1.87 bits per heavy atom. The van der Waals surface area contributed by atoms with Crippen LogP contribution >= 0.6 is 0 Å². The van der Waals surface area contributed by atoms with Crippen molar-refractivity contribution in [3.05, 3.63) is 52.8 Å². The van der Waals surface area contributed by atoms with Gasteiger partial charge in [-0.1, -0.05) is 30.3 Å². The molecule has 0 saturated heterocycles. The summed E-state index contributed by atoms with van der Waals surface area (Å²) in [4.78, 5) is 25.1. The number of ether oxygens (including phenoxy) is 3. The molecule has 1 heterocycles. The van der Waals surface area contributed by atoms with E-state index in [9.17, 15) is 9.59 Å². The molecule has 0 aliphatic rings. The lowest BCUT2D eigenvalue weighted by molar-refractivity contribution is -0.147. The van der Waals surface area contributed by atoms with E-state index in [2.05, 4.69) is 10.4 Å². The molecule has 8 nitrogen and oxygen atoms in total. The number of hydrogen-bond donors (Lipinski definition) is 1. The van der Waals surface area contributed by atoms with E-state index in [4.69, 9.17) is 14.2 Å². The molecule has 8 heteroatoms. The van der Waals surface area contributed by atoms with E-state index in [1.165, 1.54) is 0 Å². The highest BCUT2D eigenvalue weighted by Gasteiger charge is 2.30. The van der Waals surface area contributed by atoms with Crippen LogP contribution in [0.25, 0.3) is 0 Å². The van der Waals surface area contributed by atoms with Crippen molar-refractivity contribution in [1.82, 2.24) is 15.1 Å². The predicted octanol–water partition coefficient (Wildman–Crippen LogP) is 2.32. The van der Waals surface area contributed by atoms with Gasteiger partial charge in [-0.05, 0) is 26.3 Å². The van der Waals surface area contributed by atoms with Gasteiger partial charge in [0.15, 0.2) is 6.04 Å². The number of hydrogen-bond acceptors (Lipinski definition) is 6. The summed E-state index contributed by atoms with van der Waals surface area (Å²) in [5, 5.41) is 7.38. The molecule has 1 atom stereocenters. The van der Waals surface area contributed by atoms with Crippen molar-refractivity contribution in [3.8, 4) is 0 Å². The number of amides is 1. The van der Waals surface area contributed by atoms with E-state index >= 15 is 0 Å². The summed E-state index contributed by atoms with van der Waals surface area (Å²) >= 11 is 0. The molecule has 0 aliphatic carbocycles. The first kappa shape index (κ1) is 23.6. The van der Waals surface area contributed by atoms with Gasteiger partial charge in [-0.3, -0.25) is 9.48 Å². The average molecular weight is 418 g/mol. The maximum absolute atomic E-state index is 12.6. The number of carbonyl (C=O) groups excluding carboxylic acids is 2. The minimum atomic E-state index is -0.916. The van der Waals surface area contributed by atoms with Gasteiger partial charge in [0.25, 0.3) is 0 Å². The first-order chi connectivity index (χ1) is 14.5. The minimum absolute atomic E-state index is 0.135. The molecular weight excluding hydrogens is 386 g/mol. The van der Waals surface area contributed by atoms with Gasteiger partial charge in [0, 0.05) is 24.8 Å². The molecule has 2 aromatic rings. The first-order valence-electron chi connectivity index (χ1n) is 10.1. The smallest absolute Gasteiger partial charge is 0.333 e. The molecule has 0 radical (unpaired) electrons. The van der Waals surface area contributed by atoms with Crippen molar-refractivity contribution >= 4 is 11.9 Å². The molecule has 0 saturated carbocycles. The molecule has 1 N–H and O–H groups in total. The molecule has 2 rings (SSSR count). The van der Waals surface area contributed by atoms with E-state index < -0.39 is 12.0 Å². The van der Waals surface area contributed by atoms with E-state index in [1.54, 1.807) is 14.0 Å². The second kappa shape index (κ2) is 12.1. The third-order valence-corrected chi connectivity index (χ3v) is 4.63. The fraction of sp³-hybridized carbons (Fsp3) is 0.500. The second-order valence-electron chi connectivity index (χ2n) is 6.84. The maximum Gasteiger partial charge on any atom is 0.333 e. The standard InChI is InChI=1S/C22H31N3O5/c1-5-30-22(27)21(23-19(26)11-12-29-14-13-28-4)20-16(2)24-25(17(20)3)15-18-9-7-6-8-10-18/h6-10,21H,5,11-15H2,1-4H3,(H,23,26). The van der Waals surface area contributed by atoms with Crippen molar-refractivity contribution < 1.29 is 23.8 Å². The Kier molecular flexibility index (Phi) is 9.50. The maximum atomic E-state index is 12.6. The lowest BCUT2D eigenvalue weighted by Crippen LogP contribution is -2.36. The summed E-state index contributed by atoms with van der Waals surface area (Å²) in [6.07, 6.45) is 0.135. The van der Waals surface area contributed by atoms with Gasteiger partial charge in [-0.2, -0.15) is 5.10 Å². The van der Waals surface area contributed by atoms with Gasteiger partial charge >= 0.3 is 5.97 Å². The number of nitrogens with one attached hydrogen (secondary N) is 1. The third-order valence-electron chi connectivity index (χ3n) is 4.63. The van der Waals surface area contributed by atoms with Crippen LogP contribution in [-0.4, -0.2) is 55.2 Å². The Labute approximate surface area is 177 Å². The van der Waals surface area contributed by atoms with Crippen molar-refractivity contribution in [1.29, 1.82) is 0 Å². The van der Waals surface area contributed by atoms with Gasteiger partial charge in [-0.25, -0.2) is 4.79 Å². The van der Waals surface area contributed by atoms with Crippen molar-refractivity contribution in [3.63, 3.8) is 0 Å². The summed E-state index contributed by atoms with van der Waals surface area (Å²) in [6.45, 7) is 7.38.